The van der Waals surface area contributed by atoms with E-state index < -0.39 is 18.5 Å². The number of esters is 1. The van der Waals surface area contributed by atoms with E-state index in [1.54, 1.807) is 23.6 Å². The van der Waals surface area contributed by atoms with Gasteiger partial charge >= 0.3 is 5.97 Å². The van der Waals surface area contributed by atoms with E-state index in [1.165, 1.54) is 11.3 Å². The molecule has 1 aromatic carbocycles. The molecule has 0 saturated carbocycles. The van der Waals surface area contributed by atoms with Gasteiger partial charge in [0.2, 0.25) is 0 Å². The predicted molar refractivity (Wildman–Crippen MR) is 72.0 cm³/mol. The van der Waals surface area contributed by atoms with Crippen molar-refractivity contribution < 1.29 is 14.3 Å². The Morgan fingerprint density at radius 3 is 2.89 bits per heavy atom. The van der Waals surface area contributed by atoms with Crippen LogP contribution in [0.1, 0.15) is 10.5 Å². The quantitative estimate of drug-likeness (QED) is 0.876. The third-order valence-electron chi connectivity index (χ3n) is 2.13. The van der Waals surface area contributed by atoms with Gasteiger partial charge in [-0.3, -0.25) is 4.79 Å². The van der Waals surface area contributed by atoms with Gasteiger partial charge in [-0.25, -0.2) is 9.78 Å². The number of benzene rings is 1. The highest BCUT2D eigenvalue weighted by Crippen LogP contribution is 2.26. The summed E-state index contributed by atoms with van der Waals surface area (Å²) in [4.78, 5) is 26.2. The number of carbonyl (C=O) groups is 2. The zero-order valence-electron chi connectivity index (χ0n) is 9.63. The van der Waals surface area contributed by atoms with Crippen LogP contribution in [0.2, 0.25) is 5.02 Å². The number of hydrogen-bond acceptors (Lipinski definition) is 5. The van der Waals surface area contributed by atoms with Crippen molar-refractivity contribution in [3.8, 4) is 10.6 Å². The first-order chi connectivity index (χ1) is 9.06. The molecule has 1 amide bonds. The molecule has 1 heterocycles. The Balaban J connectivity index is 2.15. The first-order valence-electron chi connectivity index (χ1n) is 5.23. The zero-order chi connectivity index (χ0) is 13.8. The van der Waals surface area contributed by atoms with E-state index in [9.17, 15) is 9.59 Å². The summed E-state index contributed by atoms with van der Waals surface area (Å²) < 4.78 is 4.67. The topological polar surface area (TPSA) is 82.3 Å². The van der Waals surface area contributed by atoms with Gasteiger partial charge in [0.1, 0.15) is 5.01 Å². The van der Waals surface area contributed by atoms with Crippen molar-refractivity contribution in [3.05, 3.63) is 40.4 Å². The van der Waals surface area contributed by atoms with Gasteiger partial charge in [-0.05, 0) is 12.1 Å². The largest absolute Gasteiger partial charge is 0.451 e. The summed E-state index contributed by atoms with van der Waals surface area (Å²) in [6.45, 7) is -0.455. The molecular weight excluding hydrogens is 288 g/mol. The Bertz CT molecular complexity index is 627. The molecule has 98 valence electrons. The number of hydrogen-bond donors (Lipinski definition) is 1. The van der Waals surface area contributed by atoms with E-state index in [0.717, 1.165) is 5.56 Å². The van der Waals surface area contributed by atoms with Gasteiger partial charge in [0.05, 0.1) is 0 Å². The second-order valence-electron chi connectivity index (χ2n) is 3.59. The number of amides is 1. The minimum atomic E-state index is -0.710. The highest BCUT2D eigenvalue weighted by Gasteiger charge is 2.14. The molecule has 2 N–H and O–H groups in total. The monoisotopic (exact) mass is 296 g/mol. The lowest BCUT2D eigenvalue weighted by atomic mass is 10.2. The van der Waals surface area contributed by atoms with Gasteiger partial charge < -0.3 is 10.5 Å². The van der Waals surface area contributed by atoms with Crippen molar-refractivity contribution in [2.24, 2.45) is 5.73 Å². The van der Waals surface area contributed by atoms with Crippen molar-refractivity contribution in [2.75, 3.05) is 6.61 Å². The second-order valence-corrected chi connectivity index (χ2v) is 4.89. The summed E-state index contributed by atoms with van der Waals surface area (Å²) in [5.74, 6) is -1.39. The minimum absolute atomic E-state index is 0.140. The number of nitrogens with two attached hydrogens (primary N) is 1. The van der Waals surface area contributed by atoms with Crippen LogP contribution >= 0.6 is 22.9 Å². The maximum atomic E-state index is 11.5. The molecule has 7 heteroatoms. The summed E-state index contributed by atoms with van der Waals surface area (Å²) in [5.41, 5.74) is 5.83. The molecule has 2 rings (SSSR count). The van der Waals surface area contributed by atoms with Gasteiger partial charge in [0, 0.05) is 16.0 Å². The number of primary amides is 1. The Morgan fingerprint density at radius 2 is 2.21 bits per heavy atom. The zero-order valence-corrected chi connectivity index (χ0v) is 11.2. The molecular formula is C12H9ClN2O3S. The smallest absolute Gasteiger partial charge is 0.358 e. The van der Waals surface area contributed by atoms with E-state index in [1.807, 2.05) is 6.07 Å². The number of nitrogens with zero attached hydrogens (tertiary/aromatic N) is 1. The molecule has 0 bridgehead atoms. The van der Waals surface area contributed by atoms with Crippen LogP contribution in [0.15, 0.2) is 29.6 Å². The van der Waals surface area contributed by atoms with Gasteiger partial charge in [0.25, 0.3) is 5.91 Å². The summed E-state index contributed by atoms with van der Waals surface area (Å²) in [7, 11) is 0. The maximum absolute atomic E-state index is 11.5. The number of rotatable bonds is 4. The third kappa shape index (κ3) is 3.52. The molecule has 1 aromatic heterocycles. The normalized spacial score (nSPS) is 10.2. The van der Waals surface area contributed by atoms with Gasteiger partial charge in [-0.2, -0.15) is 0 Å². The fourth-order valence-electron chi connectivity index (χ4n) is 1.33. The highest BCUT2D eigenvalue weighted by molar-refractivity contribution is 7.13. The second kappa shape index (κ2) is 5.81. The Hall–Kier alpha value is -1.92. The summed E-state index contributed by atoms with van der Waals surface area (Å²) in [6, 6.07) is 7.13. The van der Waals surface area contributed by atoms with E-state index in [2.05, 4.69) is 9.72 Å². The highest BCUT2D eigenvalue weighted by atomic mass is 35.5. The van der Waals surface area contributed by atoms with Crippen molar-refractivity contribution >= 4 is 34.8 Å². The summed E-state index contributed by atoms with van der Waals surface area (Å²) >= 11 is 7.17. The van der Waals surface area contributed by atoms with Gasteiger partial charge in [-0.15, -0.1) is 11.3 Å². The van der Waals surface area contributed by atoms with E-state index >= 15 is 0 Å². The van der Waals surface area contributed by atoms with Crippen LogP contribution in [-0.2, 0) is 9.53 Å². The van der Waals surface area contributed by atoms with Crippen LogP contribution in [0.3, 0.4) is 0 Å². The van der Waals surface area contributed by atoms with E-state index in [4.69, 9.17) is 17.3 Å². The van der Waals surface area contributed by atoms with E-state index in [0.29, 0.717) is 10.0 Å². The predicted octanol–water partition coefficient (Wildman–Crippen LogP) is 2.11. The van der Waals surface area contributed by atoms with Gasteiger partial charge in [0.15, 0.2) is 12.3 Å². The molecule has 0 aliphatic carbocycles. The number of carbonyl (C=O) groups excluding carboxylic acids is 2. The Kier molecular flexibility index (Phi) is 4.13. The standard InChI is InChI=1S/C12H9ClN2O3S/c13-8-3-1-2-7(4-8)11-15-9(6-19-11)12(17)18-5-10(14)16/h1-4,6H,5H2,(H2,14,16). The van der Waals surface area contributed by atoms with Crippen molar-refractivity contribution in [2.45, 2.75) is 0 Å². The van der Waals surface area contributed by atoms with Crippen molar-refractivity contribution in [1.29, 1.82) is 0 Å². The average Bonchev–Trinajstić information content (AvgIpc) is 2.85. The fourth-order valence-corrected chi connectivity index (χ4v) is 2.31. The summed E-state index contributed by atoms with van der Waals surface area (Å²) in [6.07, 6.45) is 0. The molecule has 0 unspecified atom stereocenters. The lowest BCUT2D eigenvalue weighted by molar-refractivity contribution is -0.121. The number of aromatic nitrogens is 1. The lowest BCUT2D eigenvalue weighted by Gasteiger charge is -1.98. The maximum Gasteiger partial charge on any atom is 0.358 e. The fraction of sp³-hybridized carbons (Fsp3) is 0.0833. The lowest BCUT2D eigenvalue weighted by Crippen LogP contribution is -2.21. The van der Waals surface area contributed by atoms with Gasteiger partial charge in [-0.1, -0.05) is 23.7 Å². The molecule has 0 atom stereocenters. The van der Waals surface area contributed by atoms with Crippen LogP contribution < -0.4 is 5.73 Å². The first kappa shape index (κ1) is 13.5. The molecule has 0 radical (unpaired) electrons. The Labute approximate surface area is 118 Å². The molecule has 0 fully saturated rings. The van der Waals surface area contributed by atoms with Crippen LogP contribution in [0.4, 0.5) is 0 Å². The molecule has 0 aliphatic rings. The number of ether oxygens (including phenoxy) is 1. The van der Waals surface area contributed by atoms with Crippen LogP contribution in [0.5, 0.6) is 0 Å². The summed E-state index contributed by atoms with van der Waals surface area (Å²) in [5, 5.41) is 2.79. The van der Waals surface area contributed by atoms with E-state index in [-0.39, 0.29) is 5.69 Å². The minimum Gasteiger partial charge on any atom is -0.451 e. The molecule has 0 spiro atoms. The number of thiazole rings is 1. The molecule has 19 heavy (non-hydrogen) atoms. The molecule has 0 aliphatic heterocycles. The first-order valence-corrected chi connectivity index (χ1v) is 6.49. The third-order valence-corrected chi connectivity index (χ3v) is 3.26. The number of halogens is 1. The van der Waals surface area contributed by atoms with Crippen LogP contribution in [-0.4, -0.2) is 23.5 Å². The van der Waals surface area contributed by atoms with Crippen molar-refractivity contribution in [1.82, 2.24) is 4.98 Å². The average molecular weight is 297 g/mol. The van der Waals surface area contributed by atoms with Crippen molar-refractivity contribution in [3.63, 3.8) is 0 Å². The van der Waals surface area contributed by atoms with Crippen LogP contribution in [0, 0.1) is 0 Å². The molecule has 5 nitrogen and oxygen atoms in total. The Morgan fingerprint density at radius 1 is 1.42 bits per heavy atom. The van der Waals surface area contributed by atoms with Crippen LogP contribution in [0.25, 0.3) is 10.6 Å². The molecule has 0 saturated heterocycles. The molecule has 2 aromatic rings. The SMILES string of the molecule is NC(=O)COC(=O)c1csc(-c2cccc(Cl)c2)n1.